The molecule has 0 aliphatic rings. The molecular weight excluding hydrogens is 580 g/mol. The van der Waals surface area contributed by atoms with E-state index in [9.17, 15) is 9.59 Å². The van der Waals surface area contributed by atoms with Gasteiger partial charge in [-0.1, -0.05) is 158 Å². The van der Waals surface area contributed by atoms with E-state index in [2.05, 4.69) is 74.6 Å². The molecule has 0 aromatic rings. The number of ether oxygens (including phenoxy) is 1. The largest absolute Gasteiger partial charge is 0.481 e. The number of hydrogen-bond acceptors (Lipinski definition) is 3. The third-order valence-corrected chi connectivity index (χ3v) is 8.46. The van der Waals surface area contributed by atoms with Crippen molar-refractivity contribution in [3.8, 4) is 0 Å². The number of hydrogen-bond donors (Lipinski definition) is 1. The normalized spacial score (nSPS) is 12.9. The lowest BCUT2D eigenvalue weighted by Gasteiger charge is -2.14. The highest BCUT2D eigenvalue weighted by atomic mass is 16.5. The highest BCUT2D eigenvalue weighted by Gasteiger charge is 2.11. The molecule has 0 radical (unpaired) electrons. The molecule has 0 bridgehead atoms. The van der Waals surface area contributed by atoms with Gasteiger partial charge in [-0.25, -0.2) is 0 Å². The first-order chi connectivity index (χ1) is 23.1. The van der Waals surface area contributed by atoms with Crippen molar-refractivity contribution >= 4 is 11.9 Å². The molecule has 0 heterocycles. The number of carbonyl (C=O) groups is 2. The molecular formula is C43H74O4. The number of aliphatic carboxylic acids is 1. The molecule has 1 unspecified atom stereocenters. The zero-order chi connectivity index (χ0) is 34.3. The second-order valence-electron chi connectivity index (χ2n) is 13.1. The summed E-state index contributed by atoms with van der Waals surface area (Å²) in [7, 11) is 0. The van der Waals surface area contributed by atoms with Crippen molar-refractivity contribution < 1.29 is 19.4 Å². The first-order valence-corrected chi connectivity index (χ1v) is 19.8. The summed E-state index contributed by atoms with van der Waals surface area (Å²) >= 11 is 0. The summed E-state index contributed by atoms with van der Waals surface area (Å²) in [5.74, 6) is -0.800. The minimum Gasteiger partial charge on any atom is -0.481 e. The van der Waals surface area contributed by atoms with E-state index < -0.39 is 5.97 Å². The summed E-state index contributed by atoms with van der Waals surface area (Å²) in [6.07, 6.45) is 52.5. The molecule has 1 atom stereocenters. The Morgan fingerprint density at radius 2 is 0.957 bits per heavy atom. The Morgan fingerprint density at radius 1 is 0.511 bits per heavy atom. The van der Waals surface area contributed by atoms with Gasteiger partial charge in [-0.05, 0) is 83.1 Å². The molecule has 270 valence electrons. The summed E-state index contributed by atoms with van der Waals surface area (Å²) in [6, 6.07) is 0. The lowest BCUT2D eigenvalue weighted by Crippen LogP contribution is -2.16. The van der Waals surface area contributed by atoms with Crippen molar-refractivity contribution in [2.75, 3.05) is 0 Å². The highest BCUT2D eigenvalue weighted by Crippen LogP contribution is 2.15. The smallest absolute Gasteiger partial charge is 0.306 e. The van der Waals surface area contributed by atoms with Crippen LogP contribution in [0.15, 0.2) is 60.8 Å². The number of rotatable bonds is 35. The summed E-state index contributed by atoms with van der Waals surface area (Å²) < 4.78 is 5.88. The van der Waals surface area contributed by atoms with Gasteiger partial charge in [-0.3, -0.25) is 9.59 Å². The Kier molecular flexibility index (Phi) is 36.2. The first kappa shape index (κ1) is 44.6. The molecule has 0 aromatic heterocycles. The quantitative estimate of drug-likeness (QED) is 0.0419. The van der Waals surface area contributed by atoms with Crippen LogP contribution in [0.2, 0.25) is 0 Å². The predicted molar refractivity (Wildman–Crippen MR) is 204 cm³/mol. The molecule has 0 saturated carbocycles. The molecule has 4 heteroatoms. The Balaban J connectivity index is 4.12. The lowest BCUT2D eigenvalue weighted by atomic mass is 10.1. The Morgan fingerprint density at radius 3 is 1.49 bits per heavy atom. The molecule has 0 rings (SSSR count). The van der Waals surface area contributed by atoms with Crippen LogP contribution in [0.3, 0.4) is 0 Å². The van der Waals surface area contributed by atoms with Crippen molar-refractivity contribution in [2.24, 2.45) is 0 Å². The molecule has 0 aliphatic heterocycles. The van der Waals surface area contributed by atoms with Gasteiger partial charge in [-0.2, -0.15) is 0 Å². The lowest BCUT2D eigenvalue weighted by molar-refractivity contribution is -0.147. The topological polar surface area (TPSA) is 63.6 Å². The summed E-state index contributed by atoms with van der Waals surface area (Å²) in [6.45, 7) is 4.42. The molecule has 0 amide bonds. The molecule has 47 heavy (non-hydrogen) atoms. The van der Waals surface area contributed by atoms with Gasteiger partial charge in [-0.15, -0.1) is 0 Å². The van der Waals surface area contributed by atoms with E-state index in [1.807, 2.05) is 0 Å². The molecule has 0 saturated heterocycles. The van der Waals surface area contributed by atoms with Gasteiger partial charge in [0, 0.05) is 12.8 Å². The van der Waals surface area contributed by atoms with Crippen molar-refractivity contribution in [1.82, 2.24) is 0 Å². The number of allylic oxidation sites excluding steroid dienone is 9. The predicted octanol–water partition coefficient (Wildman–Crippen LogP) is 13.7. The summed E-state index contributed by atoms with van der Waals surface area (Å²) in [5.41, 5.74) is 0. The van der Waals surface area contributed by atoms with Crippen LogP contribution in [-0.2, 0) is 14.3 Å². The van der Waals surface area contributed by atoms with E-state index in [1.165, 1.54) is 89.9 Å². The van der Waals surface area contributed by atoms with Crippen molar-refractivity contribution in [2.45, 2.75) is 200 Å². The van der Waals surface area contributed by atoms with Gasteiger partial charge in [0.05, 0.1) is 0 Å². The molecule has 0 spiro atoms. The van der Waals surface area contributed by atoms with E-state index in [0.717, 1.165) is 77.0 Å². The minimum atomic E-state index is -0.719. The maximum Gasteiger partial charge on any atom is 0.306 e. The van der Waals surface area contributed by atoms with Gasteiger partial charge in [0.15, 0.2) is 0 Å². The number of esters is 1. The number of carboxylic acid groups (broad SMARTS) is 1. The zero-order valence-corrected chi connectivity index (χ0v) is 30.8. The van der Waals surface area contributed by atoms with Crippen LogP contribution >= 0.6 is 0 Å². The average molecular weight is 655 g/mol. The third kappa shape index (κ3) is 38.0. The number of unbranched alkanes of at least 4 members (excludes halogenated alkanes) is 18. The van der Waals surface area contributed by atoms with Gasteiger partial charge in [0.1, 0.15) is 6.10 Å². The van der Waals surface area contributed by atoms with Gasteiger partial charge in [0.2, 0.25) is 0 Å². The van der Waals surface area contributed by atoms with Crippen LogP contribution in [0.4, 0.5) is 0 Å². The van der Waals surface area contributed by atoms with E-state index >= 15 is 0 Å². The van der Waals surface area contributed by atoms with Crippen LogP contribution in [0.5, 0.6) is 0 Å². The van der Waals surface area contributed by atoms with Crippen molar-refractivity contribution in [3.63, 3.8) is 0 Å². The maximum absolute atomic E-state index is 12.6. The van der Waals surface area contributed by atoms with Gasteiger partial charge >= 0.3 is 11.9 Å². The van der Waals surface area contributed by atoms with Crippen LogP contribution in [0, 0.1) is 0 Å². The molecule has 0 aromatic carbocycles. The molecule has 4 nitrogen and oxygen atoms in total. The SMILES string of the molecule is CC/C=C\C/C=C\C/C=C\C/C=C\C(CCCCCCCC(=O)O)OC(=O)CCCCCCCCC/C=C\CCCCCCCCC. The summed E-state index contributed by atoms with van der Waals surface area (Å²) in [4.78, 5) is 23.3. The zero-order valence-electron chi connectivity index (χ0n) is 30.8. The van der Waals surface area contributed by atoms with E-state index in [4.69, 9.17) is 9.84 Å². The fourth-order valence-electron chi connectivity index (χ4n) is 5.56. The van der Waals surface area contributed by atoms with Crippen molar-refractivity contribution in [1.29, 1.82) is 0 Å². The first-order valence-electron chi connectivity index (χ1n) is 19.8. The Labute approximate surface area is 291 Å². The van der Waals surface area contributed by atoms with Crippen molar-refractivity contribution in [3.05, 3.63) is 60.8 Å². The Hall–Kier alpha value is -2.36. The van der Waals surface area contributed by atoms with Gasteiger partial charge < -0.3 is 9.84 Å². The average Bonchev–Trinajstić information content (AvgIpc) is 3.05. The minimum absolute atomic E-state index is 0.0813. The van der Waals surface area contributed by atoms with Crippen LogP contribution < -0.4 is 0 Å². The number of carbonyl (C=O) groups excluding carboxylic acids is 1. The van der Waals surface area contributed by atoms with Crippen LogP contribution in [0.1, 0.15) is 194 Å². The standard InChI is InChI=1S/C43H74O4/c1-3-5-7-9-11-13-15-16-17-18-19-20-21-23-25-27-32-36-40-43(46)47-41(38-34-30-28-31-35-39-42(44)45)37-33-29-26-24-22-14-12-10-8-6-4-2/h6,8,12,14,17-18,24,26,33,37,41H,3-5,7,9-11,13,15-16,19-23,25,27-32,34-36,38-40H2,1-2H3,(H,44,45)/b8-6-,14-12-,18-17-,26-24-,37-33-. The van der Waals surface area contributed by atoms with Crippen LogP contribution in [-0.4, -0.2) is 23.1 Å². The second-order valence-corrected chi connectivity index (χ2v) is 13.1. The molecule has 0 aliphatic carbocycles. The van der Waals surface area contributed by atoms with E-state index in [-0.39, 0.29) is 18.5 Å². The van der Waals surface area contributed by atoms with Crippen LogP contribution in [0.25, 0.3) is 0 Å². The highest BCUT2D eigenvalue weighted by molar-refractivity contribution is 5.69. The molecule has 0 fully saturated rings. The Bertz CT molecular complexity index is 835. The summed E-state index contributed by atoms with van der Waals surface area (Å²) in [5, 5.41) is 8.80. The van der Waals surface area contributed by atoms with E-state index in [1.54, 1.807) is 0 Å². The fourth-order valence-corrected chi connectivity index (χ4v) is 5.56. The third-order valence-electron chi connectivity index (χ3n) is 8.46. The molecule has 1 N–H and O–H groups in total. The number of carboxylic acids is 1. The monoisotopic (exact) mass is 655 g/mol. The van der Waals surface area contributed by atoms with E-state index in [0.29, 0.717) is 6.42 Å². The second kappa shape index (κ2) is 38.1. The maximum atomic E-state index is 12.6. The fraction of sp³-hybridized carbons (Fsp3) is 0.721. The van der Waals surface area contributed by atoms with Gasteiger partial charge in [0.25, 0.3) is 0 Å².